The lowest BCUT2D eigenvalue weighted by Gasteiger charge is -2.42. The van der Waals surface area contributed by atoms with Crippen molar-refractivity contribution in [2.45, 2.75) is 57.7 Å². The summed E-state index contributed by atoms with van der Waals surface area (Å²) in [7, 11) is 1.49. The summed E-state index contributed by atoms with van der Waals surface area (Å²) in [5, 5.41) is 3.03. The largest absolute Gasteiger partial charge is 0.369 e. The maximum absolute atomic E-state index is 13.5. The van der Waals surface area contributed by atoms with Gasteiger partial charge in [0.05, 0.1) is 6.04 Å². The summed E-state index contributed by atoms with van der Waals surface area (Å²) in [6.45, 7) is 5.59. The number of nitrogens with one attached hydrogen (secondary N) is 1. The van der Waals surface area contributed by atoms with Crippen LogP contribution in [0.4, 0.5) is 4.39 Å². The Balaban J connectivity index is 2.22. The quantitative estimate of drug-likeness (QED) is 0.886. The second-order valence-electron chi connectivity index (χ2n) is 7.05. The molecule has 2 rings (SSSR count). The van der Waals surface area contributed by atoms with Crippen LogP contribution in [0.1, 0.15) is 39.2 Å². The van der Waals surface area contributed by atoms with Gasteiger partial charge in [-0.2, -0.15) is 0 Å². The molecule has 25 heavy (non-hydrogen) atoms. The van der Waals surface area contributed by atoms with Gasteiger partial charge in [-0.25, -0.2) is 4.39 Å². The molecular formula is C19H27FN2O3. The molecule has 0 aromatic heterocycles. The van der Waals surface area contributed by atoms with Gasteiger partial charge in [-0.1, -0.05) is 12.1 Å². The van der Waals surface area contributed by atoms with Crippen molar-refractivity contribution in [3.63, 3.8) is 0 Å². The fourth-order valence-electron chi connectivity index (χ4n) is 3.21. The highest BCUT2D eigenvalue weighted by atomic mass is 19.1. The number of ether oxygens (including phenoxy) is 1. The second-order valence-corrected chi connectivity index (χ2v) is 7.05. The standard InChI is InChI=1S/C19H27FN2O3/c1-13(23)22-10-6-9-16(21-18(24)19(2,3)25-4)17(22)12-14-7-5-8-15(20)11-14/h5,7-8,11,16-17H,6,9-10,12H2,1-4H3,(H,21,24)/t16-,17-/m0/s1. The van der Waals surface area contributed by atoms with E-state index in [2.05, 4.69) is 5.32 Å². The number of methoxy groups -OCH3 is 1. The number of piperidine rings is 1. The van der Waals surface area contributed by atoms with Gasteiger partial charge in [-0.3, -0.25) is 9.59 Å². The van der Waals surface area contributed by atoms with Crippen LogP contribution >= 0.6 is 0 Å². The van der Waals surface area contributed by atoms with Gasteiger partial charge in [0.2, 0.25) is 5.91 Å². The van der Waals surface area contributed by atoms with Crippen LogP contribution in [-0.4, -0.2) is 48.1 Å². The van der Waals surface area contributed by atoms with Gasteiger partial charge in [-0.15, -0.1) is 0 Å². The van der Waals surface area contributed by atoms with E-state index in [1.54, 1.807) is 24.8 Å². The molecule has 1 fully saturated rings. The minimum absolute atomic E-state index is 0.0358. The number of benzene rings is 1. The van der Waals surface area contributed by atoms with Crippen LogP contribution in [0.3, 0.4) is 0 Å². The fourth-order valence-corrected chi connectivity index (χ4v) is 3.21. The molecule has 0 unspecified atom stereocenters. The number of likely N-dealkylation sites (tertiary alicyclic amines) is 1. The van der Waals surface area contributed by atoms with Crippen LogP contribution in [0.15, 0.2) is 24.3 Å². The predicted molar refractivity (Wildman–Crippen MR) is 93.5 cm³/mol. The SMILES string of the molecule is COC(C)(C)C(=O)N[C@H]1CCCN(C(C)=O)[C@H]1Cc1cccc(F)c1. The summed E-state index contributed by atoms with van der Waals surface area (Å²) in [6.07, 6.45) is 2.09. The zero-order valence-electron chi connectivity index (χ0n) is 15.3. The number of carbonyl (C=O) groups excluding carboxylic acids is 2. The van der Waals surface area contributed by atoms with Crippen molar-refractivity contribution in [3.05, 3.63) is 35.6 Å². The van der Waals surface area contributed by atoms with Crippen LogP contribution in [-0.2, 0) is 20.7 Å². The first-order valence-corrected chi connectivity index (χ1v) is 8.62. The Morgan fingerprint density at radius 1 is 1.40 bits per heavy atom. The van der Waals surface area contributed by atoms with Gasteiger partial charge in [0.15, 0.2) is 0 Å². The van der Waals surface area contributed by atoms with Crippen molar-refractivity contribution >= 4 is 11.8 Å². The molecule has 1 heterocycles. The Morgan fingerprint density at radius 3 is 2.72 bits per heavy atom. The third-order valence-electron chi connectivity index (χ3n) is 4.89. The molecule has 2 amide bonds. The van der Waals surface area contributed by atoms with E-state index in [4.69, 9.17) is 4.74 Å². The van der Waals surface area contributed by atoms with E-state index in [0.717, 1.165) is 18.4 Å². The first kappa shape index (κ1) is 19.4. The Morgan fingerprint density at radius 2 is 2.12 bits per heavy atom. The third kappa shape index (κ3) is 4.78. The molecule has 0 saturated carbocycles. The summed E-state index contributed by atoms with van der Waals surface area (Å²) in [5.41, 5.74) is -0.134. The van der Waals surface area contributed by atoms with Crippen LogP contribution in [0.25, 0.3) is 0 Å². The lowest BCUT2D eigenvalue weighted by molar-refractivity contribution is -0.143. The molecule has 2 atom stereocenters. The van der Waals surface area contributed by atoms with E-state index in [0.29, 0.717) is 13.0 Å². The Bertz CT molecular complexity index is 633. The number of halogens is 1. The molecule has 0 bridgehead atoms. The van der Waals surface area contributed by atoms with E-state index in [-0.39, 0.29) is 29.7 Å². The summed E-state index contributed by atoms with van der Waals surface area (Å²) in [4.78, 5) is 26.3. The lowest BCUT2D eigenvalue weighted by Crippen LogP contribution is -2.60. The minimum atomic E-state index is -0.943. The third-order valence-corrected chi connectivity index (χ3v) is 4.89. The van der Waals surface area contributed by atoms with Gasteiger partial charge in [0.1, 0.15) is 11.4 Å². The molecule has 1 aliphatic rings. The molecule has 0 aliphatic carbocycles. The van der Waals surface area contributed by atoms with Gasteiger partial charge >= 0.3 is 0 Å². The van der Waals surface area contributed by atoms with Crippen molar-refractivity contribution in [2.75, 3.05) is 13.7 Å². The Hall–Kier alpha value is -1.95. The van der Waals surface area contributed by atoms with Crippen LogP contribution < -0.4 is 5.32 Å². The van der Waals surface area contributed by atoms with Gasteiger partial charge in [-0.05, 0) is 50.8 Å². The average molecular weight is 350 g/mol. The molecule has 1 N–H and O–H groups in total. The maximum Gasteiger partial charge on any atom is 0.251 e. The second kappa shape index (κ2) is 7.95. The molecule has 6 heteroatoms. The maximum atomic E-state index is 13.5. The van der Waals surface area contributed by atoms with Crippen molar-refractivity contribution < 1.29 is 18.7 Å². The van der Waals surface area contributed by atoms with Crippen LogP contribution in [0.5, 0.6) is 0 Å². The van der Waals surface area contributed by atoms with Crippen molar-refractivity contribution in [1.29, 1.82) is 0 Å². The zero-order chi connectivity index (χ0) is 18.6. The molecule has 0 radical (unpaired) electrons. The monoisotopic (exact) mass is 350 g/mol. The summed E-state index contributed by atoms with van der Waals surface area (Å²) in [6, 6.07) is 5.98. The molecule has 5 nitrogen and oxygen atoms in total. The number of rotatable bonds is 5. The normalized spacial score (nSPS) is 21.1. The fraction of sp³-hybridized carbons (Fsp3) is 0.579. The highest BCUT2D eigenvalue weighted by molar-refractivity contribution is 5.84. The number of amides is 2. The molecule has 1 aromatic carbocycles. The summed E-state index contributed by atoms with van der Waals surface area (Å²) in [5.74, 6) is -0.551. The average Bonchev–Trinajstić information content (AvgIpc) is 2.56. The number of hydrogen-bond acceptors (Lipinski definition) is 3. The first-order chi connectivity index (χ1) is 11.7. The Labute approximate surface area is 148 Å². The van der Waals surface area contributed by atoms with E-state index >= 15 is 0 Å². The van der Waals surface area contributed by atoms with E-state index in [1.165, 1.54) is 26.2 Å². The van der Waals surface area contributed by atoms with Crippen molar-refractivity contribution in [1.82, 2.24) is 10.2 Å². The number of nitrogens with zero attached hydrogens (tertiary/aromatic N) is 1. The van der Waals surface area contributed by atoms with Gasteiger partial charge in [0.25, 0.3) is 5.91 Å². The first-order valence-electron chi connectivity index (χ1n) is 8.62. The number of carbonyl (C=O) groups is 2. The molecule has 1 aromatic rings. The highest BCUT2D eigenvalue weighted by Gasteiger charge is 2.37. The van der Waals surface area contributed by atoms with Crippen LogP contribution in [0.2, 0.25) is 0 Å². The summed E-state index contributed by atoms with van der Waals surface area (Å²) < 4.78 is 18.8. The molecule has 1 saturated heterocycles. The molecular weight excluding hydrogens is 323 g/mol. The van der Waals surface area contributed by atoms with Crippen LogP contribution in [0, 0.1) is 5.82 Å². The number of hydrogen-bond donors (Lipinski definition) is 1. The summed E-state index contributed by atoms with van der Waals surface area (Å²) >= 11 is 0. The molecule has 1 aliphatic heterocycles. The Kier molecular flexibility index (Phi) is 6.16. The van der Waals surface area contributed by atoms with Gasteiger partial charge < -0.3 is 15.0 Å². The van der Waals surface area contributed by atoms with E-state index in [1.807, 2.05) is 6.07 Å². The van der Waals surface area contributed by atoms with E-state index < -0.39 is 5.60 Å². The molecule has 138 valence electrons. The topological polar surface area (TPSA) is 58.6 Å². The highest BCUT2D eigenvalue weighted by Crippen LogP contribution is 2.23. The smallest absolute Gasteiger partial charge is 0.251 e. The van der Waals surface area contributed by atoms with Gasteiger partial charge in [0, 0.05) is 26.6 Å². The lowest BCUT2D eigenvalue weighted by atomic mass is 9.90. The zero-order valence-corrected chi connectivity index (χ0v) is 15.3. The predicted octanol–water partition coefficient (Wildman–Crippen LogP) is 2.29. The van der Waals surface area contributed by atoms with Crippen molar-refractivity contribution in [2.24, 2.45) is 0 Å². The molecule has 0 spiro atoms. The van der Waals surface area contributed by atoms with Crippen molar-refractivity contribution in [3.8, 4) is 0 Å². The van der Waals surface area contributed by atoms with E-state index in [9.17, 15) is 14.0 Å². The minimum Gasteiger partial charge on any atom is -0.369 e.